The average molecular weight is 375 g/mol. The molecule has 3 heterocycles. The highest BCUT2D eigenvalue weighted by Gasteiger charge is 2.15. The molecule has 0 fully saturated rings. The van der Waals surface area contributed by atoms with Crippen molar-refractivity contribution < 1.29 is 13.5 Å². The summed E-state index contributed by atoms with van der Waals surface area (Å²) >= 11 is 5.74. The fourth-order valence-corrected chi connectivity index (χ4v) is 2.47. The van der Waals surface area contributed by atoms with Crippen LogP contribution in [0.15, 0.2) is 66.5 Å². The fourth-order valence-electron chi connectivity index (χ4n) is 2.30. The van der Waals surface area contributed by atoms with Crippen LogP contribution in [0.4, 0.5) is 8.78 Å². The molecule has 8 heteroatoms. The molecule has 3 aromatic rings. The number of allylic oxidation sites excluding steroid dienone is 4. The number of rotatable bonds is 5. The molecule has 0 saturated heterocycles. The lowest BCUT2D eigenvalue weighted by Crippen LogP contribution is -1.95. The van der Waals surface area contributed by atoms with Gasteiger partial charge in [-0.1, -0.05) is 18.2 Å². The molecule has 0 bridgehead atoms. The Morgan fingerprint density at radius 3 is 2.85 bits per heavy atom. The Balaban J connectivity index is 2.17. The van der Waals surface area contributed by atoms with Gasteiger partial charge in [0.25, 0.3) is 0 Å². The first kappa shape index (κ1) is 17.8. The predicted molar refractivity (Wildman–Crippen MR) is 96.0 cm³/mol. The molecule has 0 amide bonds. The summed E-state index contributed by atoms with van der Waals surface area (Å²) in [6.45, 7) is 3.26. The molecule has 0 aliphatic carbocycles. The van der Waals surface area contributed by atoms with E-state index in [0.717, 1.165) is 12.2 Å². The molecule has 0 unspecified atom stereocenters. The minimum atomic E-state index is -0.832. The van der Waals surface area contributed by atoms with Gasteiger partial charge in [-0.15, -0.1) is 0 Å². The molecular formula is C18H13ClF2N4O. The zero-order chi connectivity index (χ0) is 18.7. The molecule has 0 N–H and O–H groups in total. The van der Waals surface area contributed by atoms with Crippen LogP contribution in [0.25, 0.3) is 22.6 Å². The van der Waals surface area contributed by atoms with Crippen LogP contribution in [-0.2, 0) is 0 Å². The first-order chi connectivity index (χ1) is 12.5. The second-order valence-electron chi connectivity index (χ2n) is 5.14. The zero-order valence-electron chi connectivity index (χ0n) is 13.7. The van der Waals surface area contributed by atoms with Crippen molar-refractivity contribution in [3.05, 3.63) is 72.2 Å². The van der Waals surface area contributed by atoms with Gasteiger partial charge in [-0.25, -0.2) is 23.3 Å². The van der Waals surface area contributed by atoms with Gasteiger partial charge in [0.1, 0.15) is 23.6 Å². The van der Waals surface area contributed by atoms with Crippen molar-refractivity contribution in [1.29, 1.82) is 0 Å². The molecule has 0 atom stereocenters. The predicted octanol–water partition coefficient (Wildman–Crippen LogP) is 4.72. The van der Waals surface area contributed by atoms with E-state index < -0.39 is 16.7 Å². The van der Waals surface area contributed by atoms with Crippen LogP contribution in [0.1, 0.15) is 5.69 Å². The Labute approximate surface area is 152 Å². The standard InChI is InChI=1S/C18H13ClF2N4O/c1-3-15(20)14(19)8-16(21)18-13(7-12(26-2)9-22-18)11-4-5-25-17(6-11)23-10-24-25/h3-10H,1H2,2H3/b15-14-,16-8-. The van der Waals surface area contributed by atoms with E-state index >= 15 is 0 Å². The lowest BCUT2D eigenvalue weighted by molar-refractivity contribution is 0.413. The van der Waals surface area contributed by atoms with Crippen molar-refractivity contribution in [2.75, 3.05) is 7.11 Å². The van der Waals surface area contributed by atoms with E-state index in [0.29, 0.717) is 22.5 Å². The summed E-state index contributed by atoms with van der Waals surface area (Å²) in [4.78, 5) is 8.20. The molecule has 5 nitrogen and oxygen atoms in total. The van der Waals surface area contributed by atoms with E-state index in [4.69, 9.17) is 16.3 Å². The molecule has 0 saturated carbocycles. The fraction of sp³-hybridized carbons (Fsp3) is 0.0556. The van der Waals surface area contributed by atoms with Gasteiger partial charge in [0, 0.05) is 11.8 Å². The first-order valence-electron chi connectivity index (χ1n) is 7.42. The summed E-state index contributed by atoms with van der Waals surface area (Å²) in [5, 5.41) is 3.61. The molecule has 3 aromatic heterocycles. The number of fused-ring (bicyclic) bond motifs is 1. The third-order valence-corrected chi connectivity index (χ3v) is 3.87. The zero-order valence-corrected chi connectivity index (χ0v) is 14.4. The summed E-state index contributed by atoms with van der Waals surface area (Å²) < 4.78 is 34.9. The highest BCUT2D eigenvalue weighted by molar-refractivity contribution is 6.32. The monoisotopic (exact) mass is 374 g/mol. The van der Waals surface area contributed by atoms with Gasteiger partial charge >= 0.3 is 0 Å². The molecule has 0 spiro atoms. The van der Waals surface area contributed by atoms with Crippen LogP contribution in [0.3, 0.4) is 0 Å². The van der Waals surface area contributed by atoms with Crippen molar-refractivity contribution in [3.63, 3.8) is 0 Å². The van der Waals surface area contributed by atoms with Crippen molar-refractivity contribution in [3.8, 4) is 16.9 Å². The lowest BCUT2D eigenvalue weighted by Gasteiger charge is -2.10. The average Bonchev–Trinajstić information content (AvgIpc) is 3.14. The van der Waals surface area contributed by atoms with Crippen molar-refractivity contribution in [2.24, 2.45) is 0 Å². The maximum absolute atomic E-state index is 14.7. The van der Waals surface area contributed by atoms with Gasteiger partial charge in [-0.05, 0) is 35.9 Å². The Hall–Kier alpha value is -3.06. The second-order valence-corrected chi connectivity index (χ2v) is 5.55. The number of hydrogen-bond donors (Lipinski definition) is 0. The van der Waals surface area contributed by atoms with Crippen molar-refractivity contribution >= 4 is 23.1 Å². The lowest BCUT2D eigenvalue weighted by atomic mass is 10.0. The third kappa shape index (κ3) is 3.48. The van der Waals surface area contributed by atoms with E-state index in [1.165, 1.54) is 19.6 Å². The van der Waals surface area contributed by atoms with E-state index in [1.807, 2.05) is 0 Å². The van der Waals surface area contributed by atoms with Gasteiger partial charge in [0.15, 0.2) is 11.5 Å². The quantitative estimate of drug-likeness (QED) is 0.606. The second kappa shape index (κ2) is 7.45. The molecule has 0 aromatic carbocycles. The smallest absolute Gasteiger partial charge is 0.155 e. The summed E-state index contributed by atoms with van der Waals surface area (Å²) in [5.74, 6) is -1.19. The van der Waals surface area contributed by atoms with Crippen LogP contribution in [0, 0.1) is 0 Å². The van der Waals surface area contributed by atoms with E-state index in [1.54, 1.807) is 28.9 Å². The topological polar surface area (TPSA) is 52.3 Å². The molecule has 132 valence electrons. The van der Waals surface area contributed by atoms with Crippen molar-refractivity contribution in [1.82, 2.24) is 19.6 Å². The Morgan fingerprint density at radius 1 is 1.31 bits per heavy atom. The Bertz CT molecular complexity index is 1040. The maximum Gasteiger partial charge on any atom is 0.155 e. The molecule has 26 heavy (non-hydrogen) atoms. The Morgan fingerprint density at radius 2 is 2.12 bits per heavy atom. The molecule has 0 aliphatic rings. The highest BCUT2D eigenvalue weighted by atomic mass is 35.5. The number of halogens is 3. The van der Waals surface area contributed by atoms with Gasteiger partial charge in [0.2, 0.25) is 0 Å². The normalized spacial score (nSPS) is 12.8. The van der Waals surface area contributed by atoms with Crippen LogP contribution >= 0.6 is 11.6 Å². The first-order valence-corrected chi connectivity index (χ1v) is 7.80. The minimum Gasteiger partial charge on any atom is -0.495 e. The number of nitrogens with zero attached hydrogens (tertiary/aromatic N) is 4. The number of pyridine rings is 2. The minimum absolute atomic E-state index is 0.00956. The van der Waals surface area contributed by atoms with Gasteiger partial charge < -0.3 is 4.74 Å². The summed E-state index contributed by atoms with van der Waals surface area (Å²) in [6.07, 6.45) is 6.21. The van der Waals surface area contributed by atoms with Crippen LogP contribution in [-0.4, -0.2) is 26.7 Å². The van der Waals surface area contributed by atoms with E-state index in [-0.39, 0.29) is 5.69 Å². The summed E-state index contributed by atoms with van der Waals surface area (Å²) in [5.41, 5.74) is 1.65. The highest BCUT2D eigenvalue weighted by Crippen LogP contribution is 2.32. The van der Waals surface area contributed by atoms with E-state index in [9.17, 15) is 8.78 Å². The number of ether oxygens (including phenoxy) is 1. The SMILES string of the molecule is C=C/C(F)=C(Cl)\C=C(/F)c1ncc(OC)cc1-c1ccn2ncnc2c1. The van der Waals surface area contributed by atoms with Gasteiger partial charge in [-0.3, -0.25) is 0 Å². The third-order valence-electron chi connectivity index (χ3n) is 3.58. The summed E-state index contributed by atoms with van der Waals surface area (Å²) in [7, 11) is 1.48. The maximum atomic E-state index is 14.7. The molecule has 3 rings (SSSR count). The number of aromatic nitrogens is 4. The molecule has 0 aliphatic heterocycles. The number of hydrogen-bond acceptors (Lipinski definition) is 4. The Kier molecular flexibility index (Phi) is 5.09. The van der Waals surface area contributed by atoms with Gasteiger partial charge in [0.05, 0.1) is 18.3 Å². The van der Waals surface area contributed by atoms with Crippen LogP contribution < -0.4 is 4.74 Å². The van der Waals surface area contributed by atoms with Crippen LogP contribution in [0.5, 0.6) is 5.75 Å². The largest absolute Gasteiger partial charge is 0.495 e. The molecular weight excluding hydrogens is 362 g/mol. The van der Waals surface area contributed by atoms with Gasteiger partial charge in [-0.2, -0.15) is 5.10 Å². The van der Waals surface area contributed by atoms with Crippen LogP contribution in [0.2, 0.25) is 0 Å². The molecule has 0 radical (unpaired) electrons. The number of methoxy groups -OCH3 is 1. The van der Waals surface area contributed by atoms with Crippen molar-refractivity contribution in [2.45, 2.75) is 0 Å². The van der Waals surface area contributed by atoms with E-state index in [2.05, 4.69) is 21.6 Å². The summed E-state index contributed by atoms with van der Waals surface area (Å²) in [6, 6.07) is 5.08.